The van der Waals surface area contributed by atoms with Crippen molar-refractivity contribution in [3.8, 4) is 0 Å². The van der Waals surface area contributed by atoms with Crippen LogP contribution in [0.1, 0.15) is 19.8 Å². The molecule has 0 aliphatic heterocycles. The lowest BCUT2D eigenvalue weighted by Crippen LogP contribution is -2.44. The Labute approximate surface area is 63.2 Å². The SMILES string of the molecule is CCC[C@@H](N)[C@H](O)C(F)(F)F. The van der Waals surface area contributed by atoms with Gasteiger partial charge in [0.15, 0.2) is 6.10 Å². The molecule has 0 unspecified atom stereocenters. The van der Waals surface area contributed by atoms with Crippen LogP contribution in [-0.2, 0) is 0 Å². The second kappa shape index (κ2) is 3.92. The summed E-state index contributed by atoms with van der Waals surface area (Å²) in [5.41, 5.74) is 5.04. The minimum Gasteiger partial charge on any atom is -0.382 e. The molecule has 5 heteroatoms. The molecule has 0 rings (SSSR count). The van der Waals surface area contributed by atoms with Crippen molar-refractivity contribution >= 4 is 0 Å². The van der Waals surface area contributed by atoms with Gasteiger partial charge in [0, 0.05) is 6.04 Å². The number of rotatable bonds is 3. The topological polar surface area (TPSA) is 46.2 Å². The second-order valence-electron chi connectivity index (χ2n) is 2.44. The number of hydrogen-bond acceptors (Lipinski definition) is 2. The number of aliphatic hydroxyl groups is 1. The maximum absolute atomic E-state index is 11.7. The van der Waals surface area contributed by atoms with Gasteiger partial charge in [-0.1, -0.05) is 13.3 Å². The summed E-state index contributed by atoms with van der Waals surface area (Å²) in [6.45, 7) is 1.71. The lowest BCUT2D eigenvalue weighted by molar-refractivity contribution is -0.209. The standard InChI is InChI=1S/C6H12F3NO/c1-2-3-4(10)5(11)6(7,8)9/h4-5,11H,2-3,10H2,1H3/t4-,5+/m1/s1. The first kappa shape index (κ1) is 10.7. The van der Waals surface area contributed by atoms with Crippen LogP contribution in [0, 0.1) is 0 Å². The van der Waals surface area contributed by atoms with Crippen LogP contribution in [0.2, 0.25) is 0 Å². The molecular formula is C6H12F3NO. The van der Waals surface area contributed by atoms with E-state index in [0.29, 0.717) is 6.42 Å². The van der Waals surface area contributed by atoms with Crippen molar-refractivity contribution in [3.63, 3.8) is 0 Å². The van der Waals surface area contributed by atoms with E-state index in [1.165, 1.54) is 0 Å². The molecule has 0 fully saturated rings. The molecule has 0 aromatic rings. The molecule has 0 spiro atoms. The maximum Gasteiger partial charge on any atom is 0.415 e. The van der Waals surface area contributed by atoms with Crippen molar-refractivity contribution in [2.45, 2.75) is 38.1 Å². The van der Waals surface area contributed by atoms with Crippen molar-refractivity contribution in [1.29, 1.82) is 0 Å². The van der Waals surface area contributed by atoms with Gasteiger partial charge in [0.05, 0.1) is 0 Å². The molecule has 0 heterocycles. The number of aliphatic hydroxyl groups excluding tert-OH is 1. The third kappa shape index (κ3) is 3.57. The molecule has 0 aliphatic rings. The van der Waals surface area contributed by atoms with Crippen LogP contribution in [-0.4, -0.2) is 23.4 Å². The van der Waals surface area contributed by atoms with Crippen LogP contribution >= 0.6 is 0 Å². The molecule has 2 atom stereocenters. The fourth-order valence-electron chi connectivity index (χ4n) is 0.734. The van der Waals surface area contributed by atoms with E-state index in [9.17, 15) is 13.2 Å². The van der Waals surface area contributed by atoms with Gasteiger partial charge in [-0.15, -0.1) is 0 Å². The first-order chi connectivity index (χ1) is 4.89. The Morgan fingerprint density at radius 3 is 2.18 bits per heavy atom. The minimum atomic E-state index is -4.59. The molecule has 0 amide bonds. The predicted octanol–water partition coefficient (Wildman–Crippen LogP) is 1.04. The van der Waals surface area contributed by atoms with Crippen molar-refractivity contribution in [3.05, 3.63) is 0 Å². The molecule has 0 radical (unpaired) electrons. The first-order valence-corrected chi connectivity index (χ1v) is 3.40. The van der Waals surface area contributed by atoms with Crippen molar-refractivity contribution < 1.29 is 18.3 Å². The number of nitrogens with two attached hydrogens (primary N) is 1. The molecule has 0 saturated carbocycles. The Morgan fingerprint density at radius 2 is 1.91 bits per heavy atom. The molecule has 2 nitrogen and oxygen atoms in total. The van der Waals surface area contributed by atoms with E-state index >= 15 is 0 Å². The number of hydrogen-bond donors (Lipinski definition) is 2. The van der Waals surface area contributed by atoms with E-state index in [4.69, 9.17) is 10.8 Å². The highest BCUT2D eigenvalue weighted by Crippen LogP contribution is 2.22. The highest BCUT2D eigenvalue weighted by atomic mass is 19.4. The summed E-state index contributed by atoms with van der Waals surface area (Å²) in [6.07, 6.45) is -6.26. The Bertz CT molecular complexity index is 115. The monoisotopic (exact) mass is 171 g/mol. The fraction of sp³-hybridized carbons (Fsp3) is 1.00. The molecule has 3 N–H and O–H groups in total. The van der Waals surface area contributed by atoms with E-state index in [2.05, 4.69) is 0 Å². The lowest BCUT2D eigenvalue weighted by Gasteiger charge is -2.20. The highest BCUT2D eigenvalue weighted by molar-refractivity contribution is 4.77. The first-order valence-electron chi connectivity index (χ1n) is 3.40. The molecular weight excluding hydrogens is 159 g/mol. The Hall–Kier alpha value is -0.290. The Morgan fingerprint density at radius 1 is 1.45 bits per heavy atom. The van der Waals surface area contributed by atoms with E-state index in [1.54, 1.807) is 6.92 Å². The smallest absolute Gasteiger partial charge is 0.382 e. The molecule has 0 aromatic carbocycles. The van der Waals surface area contributed by atoms with Gasteiger partial charge < -0.3 is 10.8 Å². The summed E-state index contributed by atoms with van der Waals surface area (Å²) < 4.78 is 35.1. The van der Waals surface area contributed by atoms with Gasteiger partial charge in [0.1, 0.15) is 0 Å². The number of alkyl halides is 3. The van der Waals surface area contributed by atoms with Crippen LogP contribution in [0.3, 0.4) is 0 Å². The Kier molecular flexibility index (Phi) is 3.82. The van der Waals surface area contributed by atoms with Crippen molar-refractivity contribution in [2.75, 3.05) is 0 Å². The molecule has 68 valence electrons. The largest absolute Gasteiger partial charge is 0.415 e. The van der Waals surface area contributed by atoms with Crippen LogP contribution < -0.4 is 5.73 Å². The summed E-state index contributed by atoms with van der Waals surface area (Å²) in [6, 6.07) is -1.19. The van der Waals surface area contributed by atoms with Gasteiger partial charge in [0.25, 0.3) is 0 Å². The van der Waals surface area contributed by atoms with E-state index < -0.39 is 18.3 Å². The number of halogens is 3. The highest BCUT2D eigenvalue weighted by Gasteiger charge is 2.41. The van der Waals surface area contributed by atoms with Gasteiger partial charge in [-0.05, 0) is 6.42 Å². The van der Waals surface area contributed by atoms with Gasteiger partial charge in [0.2, 0.25) is 0 Å². The zero-order valence-electron chi connectivity index (χ0n) is 6.23. The zero-order valence-corrected chi connectivity index (χ0v) is 6.23. The van der Waals surface area contributed by atoms with Crippen molar-refractivity contribution in [1.82, 2.24) is 0 Å². The quantitative estimate of drug-likeness (QED) is 0.666. The third-order valence-corrected chi connectivity index (χ3v) is 1.36. The maximum atomic E-state index is 11.7. The Balaban J connectivity index is 3.91. The van der Waals surface area contributed by atoms with Crippen LogP contribution in [0.15, 0.2) is 0 Å². The van der Waals surface area contributed by atoms with Crippen LogP contribution in [0.4, 0.5) is 13.2 Å². The molecule has 0 aliphatic carbocycles. The predicted molar refractivity (Wildman–Crippen MR) is 34.9 cm³/mol. The van der Waals surface area contributed by atoms with Gasteiger partial charge >= 0.3 is 6.18 Å². The summed E-state index contributed by atoms with van der Waals surface area (Å²) in [7, 11) is 0. The fourth-order valence-corrected chi connectivity index (χ4v) is 0.734. The summed E-state index contributed by atoms with van der Waals surface area (Å²) in [5.74, 6) is 0. The van der Waals surface area contributed by atoms with Crippen LogP contribution in [0.5, 0.6) is 0 Å². The summed E-state index contributed by atoms with van der Waals surface area (Å²) in [4.78, 5) is 0. The zero-order chi connectivity index (χ0) is 9.07. The normalized spacial score (nSPS) is 18.0. The second-order valence-corrected chi connectivity index (χ2v) is 2.44. The van der Waals surface area contributed by atoms with Gasteiger partial charge in [-0.2, -0.15) is 13.2 Å². The summed E-state index contributed by atoms with van der Waals surface area (Å²) in [5, 5.41) is 8.54. The van der Waals surface area contributed by atoms with Crippen LogP contribution in [0.25, 0.3) is 0 Å². The average molecular weight is 171 g/mol. The van der Waals surface area contributed by atoms with Gasteiger partial charge in [-0.3, -0.25) is 0 Å². The van der Waals surface area contributed by atoms with E-state index in [-0.39, 0.29) is 6.42 Å². The molecule has 0 aromatic heterocycles. The third-order valence-electron chi connectivity index (χ3n) is 1.36. The van der Waals surface area contributed by atoms with E-state index in [0.717, 1.165) is 0 Å². The minimum absolute atomic E-state index is 0.181. The average Bonchev–Trinajstić information content (AvgIpc) is 1.85. The molecule has 0 bridgehead atoms. The van der Waals surface area contributed by atoms with E-state index in [1.807, 2.05) is 0 Å². The lowest BCUT2D eigenvalue weighted by atomic mass is 10.1. The molecule has 0 saturated heterocycles. The van der Waals surface area contributed by atoms with Gasteiger partial charge in [-0.25, -0.2) is 0 Å². The summed E-state index contributed by atoms with van der Waals surface area (Å²) >= 11 is 0. The molecule has 11 heavy (non-hydrogen) atoms. The van der Waals surface area contributed by atoms with Crippen molar-refractivity contribution in [2.24, 2.45) is 5.73 Å².